The van der Waals surface area contributed by atoms with E-state index in [9.17, 15) is 4.79 Å². The van der Waals surface area contributed by atoms with Crippen LogP contribution in [0, 0.1) is 26.7 Å². The van der Waals surface area contributed by atoms with Crippen molar-refractivity contribution < 1.29 is 4.79 Å². The predicted octanol–water partition coefficient (Wildman–Crippen LogP) is 3.42. The second-order valence-corrected chi connectivity index (χ2v) is 7.15. The summed E-state index contributed by atoms with van der Waals surface area (Å²) in [5, 5.41) is 8.18. The molecule has 2 aromatic heterocycles. The van der Waals surface area contributed by atoms with Gasteiger partial charge in [-0.2, -0.15) is 5.10 Å². The molecule has 136 valence electrons. The van der Waals surface area contributed by atoms with Crippen LogP contribution in [0.1, 0.15) is 52.9 Å². The van der Waals surface area contributed by atoms with Gasteiger partial charge in [0.25, 0.3) is 5.91 Å². The standard InChI is InChI=1S/C20H25N5O/c1-11(2)18(19-21-10-22-25(19)6)24-20(26)17-13(4)14(5)23-16-8-7-12(3)9-15(16)17/h7-11,18H,1-6H3,(H,24,26). The molecule has 0 fully saturated rings. The van der Waals surface area contributed by atoms with E-state index in [0.29, 0.717) is 5.56 Å². The number of hydrogen-bond donors (Lipinski definition) is 1. The molecule has 1 atom stereocenters. The Hall–Kier alpha value is -2.76. The zero-order chi connectivity index (χ0) is 19.0. The molecule has 6 heteroatoms. The van der Waals surface area contributed by atoms with Gasteiger partial charge in [-0.15, -0.1) is 0 Å². The minimum Gasteiger partial charge on any atom is -0.342 e. The third-order valence-electron chi connectivity index (χ3n) is 4.83. The molecule has 2 heterocycles. The number of nitrogens with one attached hydrogen (secondary N) is 1. The molecule has 0 aliphatic rings. The summed E-state index contributed by atoms with van der Waals surface area (Å²) in [5.41, 5.74) is 4.39. The molecular weight excluding hydrogens is 326 g/mol. The molecule has 0 radical (unpaired) electrons. The summed E-state index contributed by atoms with van der Waals surface area (Å²) in [6.07, 6.45) is 1.51. The molecule has 1 aromatic carbocycles. The third-order valence-corrected chi connectivity index (χ3v) is 4.83. The number of carbonyl (C=O) groups excluding carboxylic acids is 1. The van der Waals surface area contributed by atoms with Gasteiger partial charge in [-0.25, -0.2) is 4.98 Å². The van der Waals surface area contributed by atoms with Crippen LogP contribution in [-0.4, -0.2) is 25.7 Å². The van der Waals surface area contributed by atoms with Crippen molar-refractivity contribution in [3.63, 3.8) is 0 Å². The van der Waals surface area contributed by atoms with E-state index in [1.807, 2.05) is 46.0 Å². The Balaban J connectivity index is 2.08. The van der Waals surface area contributed by atoms with Crippen LogP contribution < -0.4 is 5.32 Å². The lowest BCUT2D eigenvalue weighted by molar-refractivity contribution is 0.0923. The number of aryl methyl sites for hydroxylation is 3. The number of benzene rings is 1. The van der Waals surface area contributed by atoms with E-state index < -0.39 is 0 Å². The Morgan fingerprint density at radius 1 is 1.19 bits per heavy atom. The summed E-state index contributed by atoms with van der Waals surface area (Å²) in [5.74, 6) is 0.820. The summed E-state index contributed by atoms with van der Waals surface area (Å²) >= 11 is 0. The molecule has 0 bridgehead atoms. The Morgan fingerprint density at radius 2 is 1.92 bits per heavy atom. The highest BCUT2D eigenvalue weighted by molar-refractivity contribution is 6.07. The van der Waals surface area contributed by atoms with Gasteiger partial charge in [0, 0.05) is 18.1 Å². The number of amides is 1. The maximum absolute atomic E-state index is 13.3. The predicted molar refractivity (Wildman–Crippen MR) is 102 cm³/mol. The fourth-order valence-electron chi connectivity index (χ4n) is 3.22. The van der Waals surface area contributed by atoms with E-state index >= 15 is 0 Å². The number of carbonyl (C=O) groups is 1. The van der Waals surface area contributed by atoms with Crippen molar-refractivity contribution in [1.82, 2.24) is 25.1 Å². The quantitative estimate of drug-likeness (QED) is 0.782. The van der Waals surface area contributed by atoms with Crippen LogP contribution in [0.2, 0.25) is 0 Å². The van der Waals surface area contributed by atoms with E-state index in [1.54, 1.807) is 4.68 Å². The molecule has 1 unspecified atom stereocenters. The summed E-state index contributed by atoms with van der Waals surface area (Å²) in [7, 11) is 1.84. The number of hydrogen-bond acceptors (Lipinski definition) is 4. The highest BCUT2D eigenvalue weighted by Crippen LogP contribution is 2.26. The van der Waals surface area contributed by atoms with Crippen molar-refractivity contribution in [2.75, 3.05) is 0 Å². The molecule has 1 amide bonds. The molecule has 3 aromatic rings. The summed E-state index contributed by atoms with van der Waals surface area (Å²) < 4.78 is 1.71. The van der Waals surface area contributed by atoms with Crippen molar-refractivity contribution in [2.45, 2.75) is 40.7 Å². The van der Waals surface area contributed by atoms with Crippen LogP contribution in [0.3, 0.4) is 0 Å². The number of nitrogens with zero attached hydrogens (tertiary/aromatic N) is 4. The highest BCUT2D eigenvalue weighted by atomic mass is 16.1. The van der Waals surface area contributed by atoms with Crippen LogP contribution in [0.25, 0.3) is 10.9 Å². The van der Waals surface area contributed by atoms with Crippen molar-refractivity contribution >= 4 is 16.8 Å². The Morgan fingerprint density at radius 3 is 2.54 bits per heavy atom. The van der Waals surface area contributed by atoms with Crippen molar-refractivity contribution in [3.05, 3.63) is 52.7 Å². The van der Waals surface area contributed by atoms with Crippen molar-refractivity contribution in [3.8, 4) is 0 Å². The largest absolute Gasteiger partial charge is 0.342 e. The monoisotopic (exact) mass is 351 g/mol. The number of pyridine rings is 1. The molecule has 0 saturated heterocycles. The first-order valence-electron chi connectivity index (χ1n) is 8.82. The molecule has 26 heavy (non-hydrogen) atoms. The second kappa shape index (κ2) is 6.86. The van der Waals surface area contributed by atoms with Gasteiger partial charge in [0.05, 0.1) is 17.1 Å². The zero-order valence-electron chi connectivity index (χ0n) is 16.2. The highest BCUT2D eigenvalue weighted by Gasteiger charge is 2.25. The van der Waals surface area contributed by atoms with Gasteiger partial charge in [0.15, 0.2) is 0 Å². The molecule has 1 N–H and O–H groups in total. The number of rotatable bonds is 4. The van der Waals surface area contributed by atoms with Crippen LogP contribution >= 0.6 is 0 Å². The molecule has 3 rings (SSSR count). The lowest BCUT2D eigenvalue weighted by Gasteiger charge is -2.22. The van der Waals surface area contributed by atoms with Gasteiger partial charge >= 0.3 is 0 Å². The Kier molecular flexibility index (Phi) is 4.76. The van der Waals surface area contributed by atoms with Gasteiger partial charge in [0.1, 0.15) is 12.2 Å². The molecule has 0 saturated carbocycles. The van der Waals surface area contributed by atoms with E-state index in [-0.39, 0.29) is 17.9 Å². The molecule has 6 nitrogen and oxygen atoms in total. The molecule has 0 spiro atoms. The maximum atomic E-state index is 13.3. The average Bonchev–Trinajstić information content (AvgIpc) is 2.99. The van der Waals surface area contributed by atoms with Gasteiger partial charge in [-0.1, -0.05) is 25.5 Å². The van der Waals surface area contributed by atoms with E-state index in [0.717, 1.165) is 33.5 Å². The minimum absolute atomic E-state index is 0.106. The number of fused-ring (bicyclic) bond motifs is 1. The lowest BCUT2D eigenvalue weighted by Crippen LogP contribution is -2.34. The average molecular weight is 351 g/mol. The Labute approximate surface area is 153 Å². The van der Waals surface area contributed by atoms with Crippen LogP contribution in [0.5, 0.6) is 0 Å². The summed E-state index contributed by atoms with van der Waals surface area (Å²) in [4.78, 5) is 22.2. The van der Waals surface area contributed by atoms with E-state index in [2.05, 4.69) is 34.2 Å². The fraction of sp³-hybridized carbons (Fsp3) is 0.400. The summed E-state index contributed by atoms with van der Waals surface area (Å²) in [6, 6.07) is 5.79. The van der Waals surface area contributed by atoms with Crippen LogP contribution in [-0.2, 0) is 7.05 Å². The zero-order valence-corrected chi connectivity index (χ0v) is 16.2. The van der Waals surface area contributed by atoms with Crippen molar-refractivity contribution in [1.29, 1.82) is 0 Å². The third kappa shape index (κ3) is 3.19. The second-order valence-electron chi connectivity index (χ2n) is 7.15. The van der Waals surface area contributed by atoms with Crippen molar-refractivity contribution in [2.24, 2.45) is 13.0 Å². The van der Waals surface area contributed by atoms with Gasteiger partial charge in [-0.05, 0) is 44.4 Å². The normalized spacial score (nSPS) is 12.6. The van der Waals surface area contributed by atoms with Gasteiger partial charge in [0.2, 0.25) is 0 Å². The lowest BCUT2D eigenvalue weighted by atomic mass is 9.98. The van der Waals surface area contributed by atoms with Gasteiger partial charge in [-0.3, -0.25) is 14.5 Å². The minimum atomic E-state index is -0.220. The SMILES string of the molecule is Cc1ccc2nc(C)c(C)c(C(=O)NC(c3ncnn3C)C(C)C)c2c1. The molecule has 0 aliphatic heterocycles. The smallest absolute Gasteiger partial charge is 0.252 e. The fourth-order valence-corrected chi connectivity index (χ4v) is 3.22. The first kappa shape index (κ1) is 18.0. The van der Waals surface area contributed by atoms with Crippen LogP contribution in [0.4, 0.5) is 0 Å². The van der Waals surface area contributed by atoms with Gasteiger partial charge < -0.3 is 5.32 Å². The maximum Gasteiger partial charge on any atom is 0.252 e. The van der Waals surface area contributed by atoms with Crippen LogP contribution in [0.15, 0.2) is 24.5 Å². The van der Waals surface area contributed by atoms with E-state index in [1.165, 1.54) is 6.33 Å². The first-order valence-corrected chi connectivity index (χ1v) is 8.82. The topological polar surface area (TPSA) is 72.7 Å². The van der Waals surface area contributed by atoms with E-state index in [4.69, 9.17) is 0 Å². The summed E-state index contributed by atoms with van der Waals surface area (Å²) in [6.45, 7) is 10.0. The number of aromatic nitrogens is 4. The first-order chi connectivity index (χ1) is 12.3. The molecule has 0 aliphatic carbocycles. The Bertz CT molecular complexity index is 974. The molecular formula is C20H25N5O.